The van der Waals surface area contributed by atoms with Crippen LogP contribution in [0.25, 0.3) is 73.0 Å². The Balaban J connectivity index is 0.819. The Labute approximate surface area is 554 Å². The number of rotatable bonds is 25. The Bertz CT molecular complexity index is 4610. The van der Waals surface area contributed by atoms with Crippen LogP contribution in [0, 0.1) is 0 Å². The summed E-state index contributed by atoms with van der Waals surface area (Å²) < 4.78 is 14.9. The van der Waals surface area contributed by atoms with E-state index in [4.69, 9.17) is 9.47 Å². The summed E-state index contributed by atoms with van der Waals surface area (Å²) in [6.45, 7) is 9.22. The van der Waals surface area contributed by atoms with E-state index in [9.17, 15) is 0 Å². The topological polar surface area (TPSA) is 26.6 Å². The minimum atomic E-state index is -0.379. The van der Waals surface area contributed by atoms with Gasteiger partial charge in [-0.15, -0.1) is 0 Å². The molecule has 0 fully saturated rings. The zero-order valence-corrected chi connectivity index (χ0v) is 53.5. The lowest BCUT2D eigenvalue weighted by Crippen LogP contribution is -2.28. The molecule has 1 aromatic heterocycles. The van der Waals surface area contributed by atoms with Crippen molar-refractivity contribution in [2.24, 2.45) is 0 Å². The fraction of sp³-hybridized carbons (Fsp3) is 0.156. The van der Waals surface area contributed by atoms with E-state index in [0.717, 1.165) is 110 Å². The number of para-hydroxylation sites is 2. The quantitative estimate of drug-likeness (QED) is 0.0534. The van der Waals surface area contributed by atoms with Crippen LogP contribution in [-0.2, 0) is 10.8 Å². The van der Waals surface area contributed by atoms with Crippen molar-refractivity contribution in [2.45, 2.75) is 75.0 Å². The number of nitrogens with zero attached hydrogens (tertiary/aromatic N) is 2. The number of hydrogen-bond acceptors (Lipinski definition) is 3. The van der Waals surface area contributed by atoms with Gasteiger partial charge in [-0.3, -0.25) is 0 Å². The second-order valence-corrected chi connectivity index (χ2v) is 25.5. The summed E-state index contributed by atoms with van der Waals surface area (Å²) in [5.41, 5.74) is 24.1. The minimum Gasteiger partial charge on any atom is -0.494 e. The Kier molecular flexibility index (Phi) is 16.8. The van der Waals surface area contributed by atoms with E-state index >= 15 is 0 Å². The lowest BCUT2D eigenvalue weighted by molar-refractivity contribution is 0.303. The number of unbranched alkanes of at least 4 members (excludes halogenated alkanes) is 6. The predicted octanol–water partition coefficient (Wildman–Crippen LogP) is 23.9. The van der Waals surface area contributed by atoms with Crippen LogP contribution in [0.4, 0.5) is 17.1 Å². The molecule has 0 saturated heterocycles. The molecule has 4 heteroatoms. The van der Waals surface area contributed by atoms with Gasteiger partial charge >= 0.3 is 0 Å². The van der Waals surface area contributed by atoms with Crippen molar-refractivity contribution in [1.82, 2.24) is 4.57 Å². The lowest BCUT2D eigenvalue weighted by Gasteiger charge is -2.35. The van der Waals surface area contributed by atoms with Crippen molar-refractivity contribution >= 4 is 51.0 Å². The summed E-state index contributed by atoms with van der Waals surface area (Å²) in [4.78, 5) is 2.55. The average Bonchev–Trinajstić information content (AvgIpc) is 1.55. The van der Waals surface area contributed by atoms with Gasteiger partial charge in [0.2, 0.25) is 0 Å². The Morgan fingerprint density at radius 1 is 0.330 bits per heavy atom. The first-order chi connectivity index (χ1) is 46.5. The second kappa shape index (κ2) is 26.5. The first kappa shape index (κ1) is 59.6. The van der Waals surface area contributed by atoms with E-state index in [1.807, 2.05) is 36.4 Å². The van der Waals surface area contributed by atoms with Crippen LogP contribution < -0.4 is 14.4 Å². The predicted molar refractivity (Wildman–Crippen MR) is 395 cm³/mol. The molecule has 94 heavy (non-hydrogen) atoms. The number of fused-ring (bicyclic) bond motifs is 9. The summed E-state index contributed by atoms with van der Waals surface area (Å²) in [5.74, 6) is 1.82. The Hall–Kier alpha value is -10.7. The molecular weight excluding hydrogens is 1140 g/mol. The molecule has 2 unspecified atom stereocenters. The molecule has 2 atom stereocenters. The summed E-state index contributed by atoms with van der Waals surface area (Å²) in [7, 11) is 0. The summed E-state index contributed by atoms with van der Waals surface area (Å²) in [6, 6.07) is 108. The van der Waals surface area contributed by atoms with Crippen LogP contribution in [0.1, 0.15) is 109 Å². The van der Waals surface area contributed by atoms with E-state index in [-0.39, 0.29) is 10.8 Å². The molecule has 0 spiro atoms. The van der Waals surface area contributed by atoms with E-state index < -0.39 is 0 Å². The smallest absolute Gasteiger partial charge is 0.119 e. The molecule has 0 radical (unpaired) electrons. The minimum absolute atomic E-state index is 0.379. The van der Waals surface area contributed by atoms with Gasteiger partial charge in [-0.05, 0) is 195 Å². The van der Waals surface area contributed by atoms with Gasteiger partial charge in [0.1, 0.15) is 11.5 Å². The molecule has 0 aliphatic heterocycles. The molecule has 2 aliphatic carbocycles. The molecule has 13 aromatic rings. The molecule has 12 aromatic carbocycles. The summed E-state index contributed by atoms with van der Waals surface area (Å²) in [5, 5.41) is 2.48. The number of ether oxygens (including phenoxy) is 2. The maximum Gasteiger partial charge on any atom is 0.119 e. The largest absolute Gasteiger partial charge is 0.494 e. The van der Waals surface area contributed by atoms with Crippen LogP contribution in [0.3, 0.4) is 0 Å². The number of aromatic nitrogens is 1. The molecule has 4 nitrogen and oxygen atoms in total. The molecular formula is C90H78N2O2. The van der Waals surface area contributed by atoms with Crippen molar-refractivity contribution in [3.8, 4) is 50.6 Å². The zero-order valence-electron chi connectivity index (χ0n) is 53.5. The van der Waals surface area contributed by atoms with Gasteiger partial charge in [-0.25, -0.2) is 0 Å². The maximum absolute atomic E-state index is 6.23. The lowest BCUT2D eigenvalue weighted by atomic mass is 9.69. The highest BCUT2D eigenvalue weighted by Gasteiger charge is 2.46. The maximum atomic E-state index is 6.23. The number of hydrogen-bond donors (Lipinski definition) is 0. The van der Waals surface area contributed by atoms with E-state index in [1.165, 1.54) is 88.6 Å². The Morgan fingerprint density at radius 3 is 1.28 bits per heavy atom. The molecule has 0 N–H and O–H groups in total. The molecule has 1 heterocycles. The number of anilines is 3. The normalized spacial score (nSPS) is 15.1. The first-order valence-electron chi connectivity index (χ1n) is 33.8. The highest BCUT2D eigenvalue weighted by Crippen LogP contribution is 2.59. The van der Waals surface area contributed by atoms with E-state index in [2.05, 4.69) is 290 Å². The van der Waals surface area contributed by atoms with Crippen molar-refractivity contribution in [1.29, 1.82) is 0 Å². The third-order valence-electron chi connectivity index (χ3n) is 20.1. The zero-order chi connectivity index (χ0) is 63.3. The average molecular weight is 1220 g/mol. The number of benzene rings is 12. The van der Waals surface area contributed by atoms with Gasteiger partial charge in [-0.1, -0.05) is 264 Å². The van der Waals surface area contributed by atoms with Crippen molar-refractivity contribution < 1.29 is 9.47 Å². The van der Waals surface area contributed by atoms with Crippen molar-refractivity contribution in [3.05, 3.63) is 349 Å². The van der Waals surface area contributed by atoms with Crippen molar-refractivity contribution in [2.75, 3.05) is 18.1 Å². The molecule has 0 amide bonds. The molecule has 0 saturated carbocycles. The third-order valence-corrected chi connectivity index (χ3v) is 20.1. The van der Waals surface area contributed by atoms with Gasteiger partial charge in [0.05, 0.1) is 24.2 Å². The molecule has 0 bridgehead atoms. The fourth-order valence-electron chi connectivity index (χ4n) is 15.6. The van der Waals surface area contributed by atoms with Crippen LogP contribution in [0.15, 0.2) is 304 Å². The Morgan fingerprint density at radius 2 is 0.755 bits per heavy atom. The summed E-state index contributed by atoms with van der Waals surface area (Å²) in [6.07, 6.45) is 14.2. The monoisotopic (exact) mass is 1220 g/mol. The van der Waals surface area contributed by atoms with Gasteiger partial charge in [0, 0.05) is 44.4 Å². The molecule has 460 valence electrons. The van der Waals surface area contributed by atoms with Crippen LogP contribution >= 0.6 is 0 Å². The van der Waals surface area contributed by atoms with Gasteiger partial charge in [0.15, 0.2) is 0 Å². The highest BCUT2D eigenvalue weighted by molar-refractivity contribution is 6.10. The summed E-state index contributed by atoms with van der Waals surface area (Å²) >= 11 is 0. The SMILES string of the molecule is C=Cc1ccc(OCCCCCCC2(c3ccccc3)c3ccccc3-c3ccc(N(c4ccc(-c5ccc6c(c5)c5ccccc5n6-c5ccccc5)cc4)c4ccc5c(c4)C(CCCCCCOc4ccc(C=C)cc4)(c4ccccc4)c4ccccc4-5)cc32)cc1. The second-order valence-electron chi connectivity index (χ2n) is 25.5. The fourth-order valence-corrected chi connectivity index (χ4v) is 15.6. The third kappa shape index (κ3) is 11.1. The van der Waals surface area contributed by atoms with Gasteiger partial charge in [-0.2, -0.15) is 0 Å². The first-order valence-corrected chi connectivity index (χ1v) is 33.8. The van der Waals surface area contributed by atoms with Crippen LogP contribution in [0.5, 0.6) is 11.5 Å². The van der Waals surface area contributed by atoms with E-state index in [0.29, 0.717) is 13.2 Å². The van der Waals surface area contributed by atoms with Crippen LogP contribution in [-0.4, -0.2) is 17.8 Å². The molecule has 2 aliphatic rings. The molecule has 15 rings (SSSR count). The highest BCUT2D eigenvalue weighted by atomic mass is 16.5. The van der Waals surface area contributed by atoms with Crippen LogP contribution in [0.2, 0.25) is 0 Å². The van der Waals surface area contributed by atoms with Gasteiger partial charge in [0.25, 0.3) is 0 Å². The van der Waals surface area contributed by atoms with Gasteiger partial charge < -0.3 is 18.9 Å². The standard InChI is InChI=1S/C90H78N2O2/c1-3-65-40-51-75(52-41-65)93-60-26-7-5-24-58-89(69-28-12-9-13-29-69)83-37-21-18-34-77(83)79-55-49-73(63-85(79)89)91(72-47-44-67(45-48-72)68-46-57-88-82(62-68)81-36-20-23-39-87(81)92(88)71-32-16-11-17-33-71)74-50-56-80-78-35-19-22-38-84(78)90(86(80)64-74,70-30-14-10-15-31-70)59-25-6-8-27-61-94-76-53-42-66(4-2)43-54-76/h3-4,9-23,28-57,62-64H,1-2,5-8,24-27,58-61H2. The van der Waals surface area contributed by atoms with Crippen molar-refractivity contribution in [3.63, 3.8) is 0 Å². The van der Waals surface area contributed by atoms with E-state index in [1.54, 1.807) is 0 Å².